The van der Waals surface area contributed by atoms with E-state index in [0.29, 0.717) is 0 Å². The van der Waals surface area contributed by atoms with Gasteiger partial charge >= 0.3 is 0 Å². The molecule has 0 amide bonds. The van der Waals surface area contributed by atoms with E-state index in [9.17, 15) is 0 Å². The van der Waals surface area contributed by atoms with Crippen LogP contribution in [0.4, 0.5) is 0 Å². The molecule has 0 aliphatic carbocycles. The van der Waals surface area contributed by atoms with Gasteiger partial charge in [-0.05, 0) is 39.5 Å². The van der Waals surface area contributed by atoms with E-state index in [2.05, 4.69) is 6.92 Å². The quantitative estimate of drug-likeness (QED) is 0.483. The zero-order chi connectivity index (χ0) is 12.6. The summed E-state index contributed by atoms with van der Waals surface area (Å²) in [6.45, 7) is 12.8. The van der Waals surface area contributed by atoms with Gasteiger partial charge in [0.05, 0.1) is 19.6 Å². The Balaban J connectivity index is 2.55. The van der Waals surface area contributed by atoms with Gasteiger partial charge in [-0.25, -0.2) is 0 Å². The van der Waals surface area contributed by atoms with Gasteiger partial charge in [-0.15, -0.1) is 0 Å². The van der Waals surface area contributed by atoms with Crippen molar-refractivity contribution in [3.63, 3.8) is 0 Å². The Labute approximate surface area is 107 Å². The Kier molecular flexibility index (Phi) is 7.09. The first-order valence-corrected chi connectivity index (χ1v) is 7.34. The first kappa shape index (κ1) is 14.9. The Morgan fingerprint density at radius 2 is 1.53 bits per heavy atom. The highest BCUT2D eigenvalue weighted by Crippen LogP contribution is 2.21. The second-order valence-corrected chi connectivity index (χ2v) is 5.10. The second kappa shape index (κ2) is 8.06. The fraction of sp³-hybridized carbons (Fsp3) is 1.00. The molecular weight excluding hydrogens is 214 g/mol. The molecular formula is C14H30NO2+. The molecule has 17 heavy (non-hydrogen) atoms. The Bertz CT molecular complexity index is 179. The lowest BCUT2D eigenvalue weighted by atomic mass is 10.1. The topological polar surface area (TPSA) is 18.5 Å². The molecule has 0 radical (unpaired) electrons. The van der Waals surface area contributed by atoms with Crippen molar-refractivity contribution in [1.29, 1.82) is 0 Å². The lowest BCUT2D eigenvalue weighted by molar-refractivity contribution is -0.937. The van der Waals surface area contributed by atoms with E-state index in [1.54, 1.807) is 0 Å². The average Bonchev–Trinajstić information content (AvgIpc) is 2.31. The van der Waals surface area contributed by atoms with Gasteiger partial charge in [-0.2, -0.15) is 0 Å². The maximum atomic E-state index is 5.72. The number of hydrogen-bond donors (Lipinski definition) is 0. The molecule has 0 spiro atoms. The van der Waals surface area contributed by atoms with Crippen LogP contribution in [0.25, 0.3) is 0 Å². The number of quaternary nitrogens is 1. The zero-order valence-electron chi connectivity index (χ0n) is 11.9. The number of nitrogens with zero attached hydrogens (tertiary/aromatic N) is 1. The van der Waals surface area contributed by atoms with Crippen molar-refractivity contribution in [2.24, 2.45) is 0 Å². The molecule has 1 aliphatic heterocycles. The standard InChI is InChI=1S/C14H30NO2/c1-4-10-15(11-8-7-9-12-15)13-14(16-5-2)17-6-3/h14H,4-13H2,1-3H3/q+1. The van der Waals surface area contributed by atoms with Crippen molar-refractivity contribution >= 4 is 0 Å². The van der Waals surface area contributed by atoms with Crippen LogP contribution in [0.15, 0.2) is 0 Å². The van der Waals surface area contributed by atoms with E-state index in [4.69, 9.17) is 9.47 Å². The highest BCUT2D eigenvalue weighted by molar-refractivity contribution is 4.56. The molecule has 1 rings (SSSR count). The maximum Gasteiger partial charge on any atom is 0.207 e. The molecule has 1 fully saturated rings. The summed E-state index contributed by atoms with van der Waals surface area (Å²) in [6, 6.07) is 0. The Morgan fingerprint density at radius 3 is 2.00 bits per heavy atom. The van der Waals surface area contributed by atoms with Crippen molar-refractivity contribution in [3.8, 4) is 0 Å². The summed E-state index contributed by atoms with van der Waals surface area (Å²) < 4.78 is 12.6. The summed E-state index contributed by atoms with van der Waals surface area (Å²) >= 11 is 0. The van der Waals surface area contributed by atoms with Crippen LogP contribution in [0, 0.1) is 0 Å². The minimum absolute atomic E-state index is 0.00495. The van der Waals surface area contributed by atoms with Crippen LogP contribution in [0.1, 0.15) is 46.5 Å². The van der Waals surface area contributed by atoms with Crippen LogP contribution in [-0.4, -0.2) is 50.2 Å². The largest absolute Gasteiger partial charge is 0.348 e. The van der Waals surface area contributed by atoms with E-state index in [-0.39, 0.29) is 6.29 Å². The van der Waals surface area contributed by atoms with E-state index in [1.165, 1.54) is 49.8 Å². The van der Waals surface area contributed by atoms with Crippen molar-refractivity contribution in [2.75, 3.05) is 39.4 Å². The summed E-state index contributed by atoms with van der Waals surface area (Å²) in [5.74, 6) is 0. The second-order valence-electron chi connectivity index (χ2n) is 5.10. The molecule has 102 valence electrons. The molecule has 0 aromatic heterocycles. The van der Waals surface area contributed by atoms with Gasteiger partial charge in [0.1, 0.15) is 6.54 Å². The molecule has 0 saturated carbocycles. The third kappa shape index (κ3) is 4.94. The first-order chi connectivity index (χ1) is 8.26. The fourth-order valence-corrected chi connectivity index (χ4v) is 3.00. The number of piperidine rings is 1. The normalized spacial score (nSPS) is 19.8. The maximum absolute atomic E-state index is 5.72. The van der Waals surface area contributed by atoms with Crippen LogP contribution >= 0.6 is 0 Å². The molecule has 3 nitrogen and oxygen atoms in total. The van der Waals surface area contributed by atoms with Crippen molar-refractivity contribution in [1.82, 2.24) is 0 Å². The molecule has 1 saturated heterocycles. The van der Waals surface area contributed by atoms with Gasteiger partial charge in [-0.3, -0.25) is 0 Å². The Hall–Kier alpha value is -0.120. The predicted molar refractivity (Wildman–Crippen MR) is 70.9 cm³/mol. The molecule has 0 atom stereocenters. The molecule has 0 aromatic rings. The minimum atomic E-state index is -0.00495. The number of likely N-dealkylation sites (tertiary alicyclic amines) is 1. The average molecular weight is 244 g/mol. The van der Waals surface area contributed by atoms with Gasteiger partial charge in [0, 0.05) is 13.2 Å². The summed E-state index contributed by atoms with van der Waals surface area (Å²) in [4.78, 5) is 0. The smallest absolute Gasteiger partial charge is 0.207 e. The first-order valence-electron chi connectivity index (χ1n) is 7.34. The van der Waals surface area contributed by atoms with E-state index >= 15 is 0 Å². The van der Waals surface area contributed by atoms with Crippen LogP contribution < -0.4 is 0 Å². The molecule has 0 unspecified atom stereocenters. The fourth-order valence-electron chi connectivity index (χ4n) is 3.00. The predicted octanol–water partition coefficient (Wildman–Crippen LogP) is 2.80. The zero-order valence-corrected chi connectivity index (χ0v) is 11.9. The van der Waals surface area contributed by atoms with Crippen molar-refractivity contribution in [2.45, 2.75) is 52.7 Å². The minimum Gasteiger partial charge on any atom is -0.348 e. The van der Waals surface area contributed by atoms with Crippen molar-refractivity contribution < 1.29 is 14.0 Å². The molecule has 1 heterocycles. The molecule has 3 heteroatoms. The highest BCUT2D eigenvalue weighted by Gasteiger charge is 2.32. The van der Waals surface area contributed by atoms with Crippen LogP contribution in [0.5, 0.6) is 0 Å². The Morgan fingerprint density at radius 1 is 0.941 bits per heavy atom. The summed E-state index contributed by atoms with van der Waals surface area (Å²) in [6.07, 6.45) is 5.38. The molecule has 0 aromatic carbocycles. The van der Waals surface area contributed by atoms with Crippen LogP contribution in [0.3, 0.4) is 0 Å². The van der Waals surface area contributed by atoms with E-state index in [1.807, 2.05) is 13.8 Å². The lowest BCUT2D eigenvalue weighted by Gasteiger charge is -2.43. The lowest BCUT2D eigenvalue weighted by Crippen LogP contribution is -2.56. The van der Waals surface area contributed by atoms with Gasteiger partial charge in [0.2, 0.25) is 6.29 Å². The van der Waals surface area contributed by atoms with Crippen molar-refractivity contribution in [3.05, 3.63) is 0 Å². The third-order valence-electron chi connectivity index (χ3n) is 3.70. The van der Waals surface area contributed by atoms with Gasteiger partial charge < -0.3 is 14.0 Å². The van der Waals surface area contributed by atoms with Gasteiger partial charge in [0.15, 0.2) is 0 Å². The summed E-state index contributed by atoms with van der Waals surface area (Å²) in [5, 5.41) is 0. The van der Waals surface area contributed by atoms with E-state index < -0.39 is 0 Å². The summed E-state index contributed by atoms with van der Waals surface area (Å²) in [7, 11) is 0. The number of hydrogen-bond acceptors (Lipinski definition) is 2. The van der Waals surface area contributed by atoms with Crippen LogP contribution in [-0.2, 0) is 9.47 Å². The molecule has 0 bridgehead atoms. The highest BCUT2D eigenvalue weighted by atomic mass is 16.7. The number of ether oxygens (including phenoxy) is 2. The SMILES string of the molecule is CCC[N+]1(CC(OCC)OCC)CCCCC1. The van der Waals surface area contributed by atoms with Gasteiger partial charge in [0.25, 0.3) is 0 Å². The third-order valence-corrected chi connectivity index (χ3v) is 3.70. The van der Waals surface area contributed by atoms with E-state index in [0.717, 1.165) is 19.8 Å². The monoisotopic (exact) mass is 244 g/mol. The van der Waals surface area contributed by atoms with Crippen LogP contribution in [0.2, 0.25) is 0 Å². The summed E-state index contributed by atoms with van der Waals surface area (Å²) in [5.41, 5.74) is 0. The molecule has 1 aliphatic rings. The van der Waals surface area contributed by atoms with Gasteiger partial charge in [-0.1, -0.05) is 6.92 Å². The molecule has 0 N–H and O–H groups in total. The number of rotatable bonds is 8.